The molecule has 0 spiro atoms. The molecular weight excluding hydrogens is 562 g/mol. The molecule has 1 aliphatic rings. The molecule has 11 nitrogen and oxygen atoms in total. The highest BCUT2D eigenvalue weighted by atomic mass is 16.5. The largest absolute Gasteiger partial charge is 0.493 e. The van der Waals surface area contributed by atoms with Gasteiger partial charge in [0.1, 0.15) is 0 Å². The van der Waals surface area contributed by atoms with Crippen LogP contribution in [0.15, 0.2) is 89.2 Å². The van der Waals surface area contributed by atoms with Crippen LogP contribution in [0.4, 0.5) is 4.79 Å². The van der Waals surface area contributed by atoms with E-state index in [2.05, 4.69) is 43.9 Å². The van der Waals surface area contributed by atoms with Crippen molar-refractivity contribution in [2.24, 2.45) is 5.10 Å². The molecule has 4 aromatic rings. The second kappa shape index (κ2) is 13.2. The summed E-state index contributed by atoms with van der Waals surface area (Å²) in [4.78, 5) is 37.2. The number of ether oxygens (including phenoxy) is 3. The van der Waals surface area contributed by atoms with Crippen molar-refractivity contribution < 1.29 is 28.6 Å². The molecule has 2 heterocycles. The molecule has 0 radical (unpaired) electrons. The smallest absolute Gasteiger partial charge is 0.337 e. The molecular formula is C33H33N5O6. The van der Waals surface area contributed by atoms with Crippen LogP contribution < -0.4 is 25.5 Å². The molecule has 0 unspecified atom stereocenters. The van der Waals surface area contributed by atoms with E-state index in [1.54, 1.807) is 31.3 Å². The van der Waals surface area contributed by atoms with Crippen LogP contribution >= 0.6 is 0 Å². The number of methoxy groups -OCH3 is 2. The van der Waals surface area contributed by atoms with Crippen molar-refractivity contribution in [3.63, 3.8) is 0 Å². The lowest BCUT2D eigenvalue weighted by atomic mass is 9.95. The van der Waals surface area contributed by atoms with Crippen molar-refractivity contribution in [2.75, 3.05) is 20.8 Å². The summed E-state index contributed by atoms with van der Waals surface area (Å²) in [6.07, 6.45) is 1.65. The Morgan fingerprint density at radius 2 is 1.75 bits per heavy atom. The lowest BCUT2D eigenvalue weighted by Gasteiger charge is -2.28. The van der Waals surface area contributed by atoms with Crippen LogP contribution in [-0.2, 0) is 20.9 Å². The van der Waals surface area contributed by atoms with Gasteiger partial charge < -0.3 is 29.4 Å². The lowest BCUT2D eigenvalue weighted by molar-refractivity contribution is -0.136. The van der Waals surface area contributed by atoms with Gasteiger partial charge in [-0.3, -0.25) is 4.79 Å². The third kappa shape index (κ3) is 6.26. The molecule has 3 N–H and O–H groups in total. The maximum atomic E-state index is 12.6. The Balaban J connectivity index is 1.27. The fourth-order valence-corrected chi connectivity index (χ4v) is 5.24. The van der Waals surface area contributed by atoms with Gasteiger partial charge in [0.15, 0.2) is 18.1 Å². The van der Waals surface area contributed by atoms with Crippen LogP contribution in [-0.4, -0.2) is 49.5 Å². The highest BCUT2D eigenvalue weighted by molar-refractivity contribution is 6.01. The number of urea groups is 1. The molecule has 0 saturated heterocycles. The average molecular weight is 596 g/mol. The monoisotopic (exact) mass is 595 g/mol. The fourth-order valence-electron chi connectivity index (χ4n) is 5.24. The Morgan fingerprint density at radius 1 is 1.00 bits per heavy atom. The van der Waals surface area contributed by atoms with Gasteiger partial charge >= 0.3 is 12.0 Å². The van der Waals surface area contributed by atoms with E-state index in [0.29, 0.717) is 29.3 Å². The quantitative estimate of drug-likeness (QED) is 0.142. The number of para-hydroxylation sites is 1. The van der Waals surface area contributed by atoms with Crippen LogP contribution in [0, 0.1) is 6.92 Å². The van der Waals surface area contributed by atoms with Gasteiger partial charge in [-0.05, 0) is 43.2 Å². The number of aromatic nitrogens is 1. The minimum absolute atomic E-state index is 0.262. The van der Waals surface area contributed by atoms with Gasteiger partial charge in [-0.25, -0.2) is 15.0 Å². The molecule has 0 bridgehead atoms. The van der Waals surface area contributed by atoms with Gasteiger partial charge in [0.05, 0.1) is 32.0 Å². The lowest BCUT2D eigenvalue weighted by Crippen LogP contribution is -2.45. The van der Waals surface area contributed by atoms with E-state index < -0.39 is 23.9 Å². The van der Waals surface area contributed by atoms with Crippen LogP contribution in [0.3, 0.4) is 0 Å². The SMILES string of the molecule is COC(=O)C1=C(C)NC(=O)N[C@H]1c1ccc(OCC(=O)N/N=C\c2c(C)n(Cc3ccccc3)c3ccccc23)c(OC)c1. The number of amides is 3. The van der Waals surface area contributed by atoms with Crippen LogP contribution in [0.25, 0.3) is 10.9 Å². The number of carbonyl (C=O) groups is 3. The maximum Gasteiger partial charge on any atom is 0.337 e. The Kier molecular flexibility index (Phi) is 8.94. The number of esters is 1. The standard InChI is InChI=1S/C33H33N5O6/c1-20-30(32(40)43-4)31(36-33(41)35-20)23-14-15-27(28(16-23)42-3)44-19-29(39)37-34-17-25-21(2)38(18-22-10-6-5-7-11-22)26-13-9-8-12-24(25)26/h5-17,31H,18-19H2,1-4H3,(H,37,39)(H2,35,36,41)/b34-17-/t31-/m0/s1. The highest BCUT2D eigenvalue weighted by Crippen LogP contribution is 2.34. The van der Waals surface area contributed by atoms with Crippen LogP contribution in [0.1, 0.15) is 35.3 Å². The number of hydrogen-bond acceptors (Lipinski definition) is 7. The molecule has 5 rings (SSSR count). The van der Waals surface area contributed by atoms with Crippen LogP contribution in [0.5, 0.6) is 11.5 Å². The zero-order valence-corrected chi connectivity index (χ0v) is 24.8. The number of fused-ring (bicyclic) bond motifs is 1. The predicted octanol–water partition coefficient (Wildman–Crippen LogP) is 4.34. The summed E-state index contributed by atoms with van der Waals surface area (Å²) in [6.45, 7) is 4.05. The Morgan fingerprint density at radius 3 is 2.50 bits per heavy atom. The van der Waals surface area contributed by atoms with E-state index >= 15 is 0 Å². The molecule has 3 amide bonds. The minimum Gasteiger partial charge on any atom is -0.493 e. The van der Waals surface area contributed by atoms with Gasteiger partial charge in [0.25, 0.3) is 5.91 Å². The molecule has 1 aliphatic heterocycles. The average Bonchev–Trinajstić information content (AvgIpc) is 3.29. The summed E-state index contributed by atoms with van der Waals surface area (Å²) in [5, 5.41) is 10.5. The zero-order chi connectivity index (χ0) is 31.2. The molecule has 1 aromatic heterocycles. The second-order valence-corrected chi connectivity index (χ2v) is 10.1. The molecule has 226 valence electrons. The number of benzene rings is 3. The summed E-state index contributed by atoms with van der Waals surface area (Å²) >= 11 is 0. The van der Waals surface area contributed by atoms with E-state index in [9.17, 15) is 14.4 Å². The van der Waals surface area contributed by atoms with Crippen molar-refractivity contribution in [2.45, 2.75) is 26.4 Å². The maximum absolute atomic E-state index is 12.6. The number of hydrazone groups is 1. The Bertz CT molecular complexity index is 1780. The molecule has 11 heteroatoms. The molecule has 0 aliphatic carbocycles. The van der Waals surface area contributed by atoms with Gasteiger partial charge in [0, 0.05) is 34.4 Å². The first-order chi connectivity index (χ1) is 21.3. The molecule has 1 atom stereocenters. The molecule has 0 fully saturated rings. The number of nitrogens with one attached hydrogen (secondary N) is 3. The van der Waals surface area contributed by atoms with Gasteiger partial charge in [0.2, 0.25) is 0 Å². The van der Waals surface area contributed by atoms with Crippen molar-refractivity contribution in [3.05, 3.63) is 106 Å². The number of carbonyl (C=O) groups excluding carboxylic acids is 3. The predicted molar refractivity (Wildman–Crippen MR) is 166 cm³/mol. The first kappa shape index (κ1) is 29.9. The van der Waals surface area contributed by atoms with E-state index in [-0.39, 0.29) is 12.2 Å². The van der Waals surface area contributed by atoms with Gasteiger partial charge in [-0.2, -0.15) is 5.10 Å². The third-order valence-corrected chi connectivity index (χ3v) is 7.40. The van der Waals surface area contributed by atoms with Crippen molar-refractivity contribution in [1.29, 1.82) is 0 Å². The number of allylic oxidation sites excluding steroid dienone is 1. The topological polar surface area (TPSA) is 132 Å². The summed E-state index contributed by atoms with van der Waals surface area (Å²) in [7, 11) is 2.73. The summed E-state index contributed by atoms with van der Waals surface area (Å²) in [5.74, 6) is -0.422. The van der Waals surface area contributed by atoms with E-state index in [0.717, 1.165) is 22.2 Å². The number of nitrogens with zero attached hydrogens (tertiary/aromatic N) is 2. The van der Waals surface area contributed by atoms with Crippen molar-refractivity contribution >= 4 is 35.0 Å². The first-order valence-electron chi connectivity index (χ1n) is 13.9. The fraction of sp³-hybridized carbons (Fsp3) is 0.212. The first-order valence-corrected chi connectivity index (χ1v) is 13.9. The summed E-state index contributed by atoms with van der Waals surface area (Å²) in [5.41, 5.74) is 7.95. The second-order valence-electron chi connectivity index (χ2n) is 10.1. The number of hydrogen-bond donors (Lipinski definition) is 3. The molecule has 0 saturated carbocycles. The van der Waals surface area contributed by atoms with Gasteiger partial charge in [-0.1, -0.05) is 54.6 Å². The minimum atomic E-state index is -0.765. The highest BCUT2D eigenvalue weighted by Gasteiger charge is 2.32. The zero-order valence-electron chi connectivity index (χ0n) is 24.8. The van der Waals surface area contributed by atoms with Crippen LogP contribution in [0.2, 0.25) is 0 Å². The number of rotatable bonds is 10. The van der Waals surface area contributed by atoms with E-state index in [1.807, 2.05) is 43.3 Å². The van der Waals surface area contributed by atoms with E-state index in [4.69, 9.17) is 14.2 Å². The Labute approximate surface area is 254 Å². The summed E-state index contributed by atoms with van der Waals surface area (Å²) < 4.78 is 18.3. The summed E-state index contributed by atoms with van der Waals surface area (Å²) in [6, 6.07) is 22.0. The molecule has 3 aromatic carbocycles. The normalized spacial score (nSPS) is 14.7. The van der Waals surface area contributed by atoms with Gasteiger partial charge in [-0.15, -0.1) is 0 Å². The third-order valence-electron chi connectivity index (χ3n) is 7.40. The van der Waals surface area contributed by atoms with Crippen molar-refractivity contribution in [3.8, 4) is 11.5 Å². The van der Waals surface area contributed by atoms with E-state index in [1.165, 1.54) is 19.8 Å². The molecule has 44 heavy (non-hydrogen) atoms. The van der Waals surface area contributed by atoms with Crippen molar-refractivity contribution in [1.82, 2.24) is 20.6 Å². The Hall–Kier alpha value is -5.58.